The number of carboxylic acids is 2. The lowest BCUT2D eigenvalue weighted by atomic mass is 9.97. The monoisotopic (exact) mass is 491 g/mol. The molecule has 190 valence electrons. The number of rotatable bonds is 17. The van der Waals surface area contributed by atoms with E-state index in [1.807, 2.05) is 6.92 Å². The first-order valence-electron chi connectivity index (χ1n) is 10.9. The molecule has 0 saturated carbocycles. The van der Waals surface area contributed by atoms with Crippen LogP contribution in [0.3, 0.4) is 0 Å². The van der Waals surface area contributed by atoms with Gasteiger partial charge in [-0.2, -0.15) is 12.6 Å². The first-order chi connectivity index (χ1) is 15.5. The standard InChI is InChI=1S/C20H37N5O7S/c1-3-11(2)16(25-17(28)12(22)7-8-15(26)27)19(30)24-14(10-33)18(29)23-13(20(31)32)6-4-5-9-21/h11-14,16,33H,3-10,21-22H2,1-2H3,(H,23,29)(H,24,30)(H,25,28)(H,26,27)(H,31,32). The van der Waals surface area contributed by atoms with Crippen molar-refractivity contribution < 1.29 is 34.2 Å². The van der Waals surface area contributed by atoms with Gasteiger partial charge in [0, 0.05) is 12.2 Å². The molecule has 0 rings (SSSR count). The van der Waals surface area contributed by atoms with E-state index in [9.17, 15) is 29.1 Å². The molecule has 0 aromatic heterocycles. The first kappa shape index (κ1) is 30.6. The Morgan fingerprint density at radius 3 is 2.00 bits per heavy atom. The highest BCUT2D eigenvalue weighted by molar-refractivity contribution is 7.80. The lowest BCUT2D eigenvalue weighted by Gasteiger charge is -2.27. The van der Waals surface area contributed by atoms with Crippen LogP contribution in [0.1, 0.15) is 52.4 Å². The van der Waals surface area contributed by atoms with Crippen LogP contribution in [-0.2, 0) is 24.0 Å². The fraction of sp³-hybridized carbons (Fsp3) is 0.750. The second-order valence-electron chi connectivity index (χ2n) is 7.84. The molecule has 0 aliphatic carbocycles. The summed E-state index contributed by atoms with van der Waals surface area (Å²) in [5.41, 5.74) is 11.1. The van der Waals surface area contributed by atoms with E-state index in [1.165, 1.54) is 0 Å². The average Bonchev–Trinajstić information content (AvgIpc) is 2.77. The fourth-order valence-corrected chi connectivity index (χ4v) is 3.11. The lowest BCUT2D eigenvalue weighted by molar-refractivity contribution is -0.142. The minimum atomic E-state index is -1.20. The summed E-state index contributed by atoms with van der Waals surface area (Å²) in [4.78, 5) is 59.9. The molecule has 33 heavy (non-hydrogen) atoms. The number of unbranched alkanes of at least 4 members (excludes halogenated alkanes) is 1. The predicted octanol–water partition coefficient (Wildman–Crippen LogP) is -1.18. The number of nitrogens with two attached hydrogens (primary N) is 2. The van der Waals surface area contributed by atoms with Crippen LogP contribution in [0.25, 0.3) is 0 Å². The molecule has 9 N–H and O–H groups in total. The number of carboxylic acid groups (broad SMARTS) is 2. The molecule has 5 atom stereocenters. The van der Waals surface area contributed by atoms with E-state index in [0.717, 1.165) is 0 Å². The number of amides is 3. The van der Waals surface area contributed by atoms with Gasteiger partial charge in [0.15, 0.2) is 0 Å². The van der Waals surface area contributed by atoms with Gasteiger partial charge in [-0.1, -0.05) is 20.3 Å². The largest absolute Gasteiger partial charge is 0.481 e. The van der Waals surface area contributed by atoms with Gasteiger partial charge in [0.05, 0.1) is 6.04 Å². The first-order valence-corrected chi connectivity index (χ1v) is 11.5. The molecular formula is C20H37N5O7S. The smallest absolute Gasteiger partial charge is 0.326 e. The Labute approximate surface area is 199 Å². The van der Waals surface area contributed by atoms with Gasteiger partial charge in [0.1, 0.15) is 18.1 Å². The molecule has 0 aliphatic rings. The third-order valence-electron chi connectivity index (χ3n) is 5.18. The highest BCUT2D eigenvalue weighted by Crippen LogP contribution is 2.10. The van der Waals surface area contributed by atoms with Crippen LogP contribution in [-0.4, -0.2) is 76.3 Å². The van der Waals surface area contributed by atoms with E-state index in [-0.39, 0.29) is 30.9 Å². The molecule has 0 spiro atoms. The van der Waals surface area contributed by atoms with E-state index in [0.29, 0.717) is 25.8 Å². The van der Waals surface area contributed by atoms with Gasteiger partial charge < -0.3 is 37.6 Å². The quantitative estimate of drug-likeness (QED) is 0.0906. The minimum Gasteiger partial charge on any atom is -0.481 e. The molecule has 12 nitrogen and oxygen atoms in total. The lowest BCUT2D eigenvalue weighted by Crippen LogP contribution is -2.59. The van der Waals surface area contributed by atoms with Gasteiger partial charge in [-0.25, -0.2) is 4.79 Å². The van der Waals surface area contributed by atoms with Crippen LogP contribution in [0.15, 0.2) is 0 Å². The Balaban J connectivity index is 5.21. The van der Waals surface area contributed by atoms with Crippen LogP contribution in [0.2, 0.25) is 0 Å². The SMILES string of the molecule is CCC(C)C(NC(=O)C(N)CCC(=O)O)C(=O)NC(CS)C(=O)NC(CCCCN)C(=O)O. The van der Waals surface area contributed by atoms with Gasteiger partial charge in [-0.3, -0.25) is 19.2 Å². The summed E-state index contributed by atoms with van der Waals surface area (Å²) in [6.07, 6.45) is 1.42. The van der Waals surface area contributed by atoms with Crippen molar-refractivity contribution in [2.24, 2.45) is 17.4 Å². The maximum Gasteiger partial charge on any atom is 0.326 e. The highest BCUT2D eigenvalue weighted by atomic mass is 32.1. The van der Waals surface area contributed by atoms with Crippen molar-refractivity contribution in [3.63, 3.8) is 0 Å². The van der Waals surface area contributed by atoms with Crippen molar-refractivity contribution in [2.45, 2.75) is 76.5 Å². The number of hydrogen-bond acceptors (Lipinski definition) is 8. The van der Waals surface area contributed by atoms with E-state index in [2.05, 4.69) is 28.6 Å². The zero-order chi connectivity index (χ0) is 25.6. The number of thiol groups is 1. The summed E-state index contributed by atoms with van der Waals surface area (Å²) in [6, 6.07) is -4.43. The minimum absolute atomic E-state index is 0.0988. The normalized spacial score (nSPS) is 15.4. The number of aliphatic carboxylic acids is 2. The highest BCUT2D eigenvalue weighted by Gasteiger charge is 2.32. The summed E-state index contributed by atoms with van der Waals surface area (Å²) < 4.78 is 0. The van der Waals surface area contributed by atoms with Crippen molar-refractivity contribution >= 4 is 42.3 Å². The van der Waals surface area contributed by atoms with Gasteiger partial charge in [-0.05, 0) is 38.1 Å². The summed E-state index contributed by atoms with van der Waals surface area (Å²) in [7, 11) is 0. The molecule has 0 aliphatic heterocycles. The predicted molar refractivity (Wildman–Crippen MR) is 124 cm³/mol. The topological polar surface area (TPSA) is 214 Å². The second-order valence-corrected chi connectivity index (χ2v) is 8.20. The summed E-state index contributed by atoms with van der Waals surface area (Å²) >= 11 is 4.08. The van der Waals surface area contributed by atoms with Gasteiger partial charge in [-0.15, -0.1) is 0 Å². The molecular weight excluding hydrogens is 454 g/mol. The molecule has 0 bridgehead atoms. The maximum atomic E-state index is 12.9. The van der Waals surface area contributed by atoms with Crippen LogP contribution in [0.4, 0.5) is 0 Å². The Bertz CT molecular complexity index is 679. The van der Waals surface area contributed by atoms with Crippen molar-refractivity contribution in [2.75, 3.05) is 12.3 Å². The number of carbonyl (C=O) groups excluding carboxylic acids is 3. The van der Waals surface area contributed by atoms with Crippen molar-refractivity contribution in [3.05, 3.63) is 0 Å². The third-order valence-corrected chi connectivity index (χ3v) is 5.54. The Morgan fingerprint density at radius 2 is 1.52 bits per heavy atom. The van der Waals surface area contributed by atoms with Crippen LogP contribution < -0.4 is 27.4 Å². The zero-order valence-corrected chi connectivity index (χ0v) is 20.0. The molecule has 0 heterocycles. The van der Waals surface area contributed by atoms with Gasteiger partial charge in [0.25, 0.3) is 0 Å². The maximum absolute atomic E-state index is 12.9. The van der Waals surface area contributed by atoms with Crippen LogP contribution in [0, 0.1) is 5.92 Å². The van der Waals surface area contributed by atoms with Crippen molar-refractivity contribution in [3.8, 4) is 0 Å². The second kappa shape index (κ2) is 16.3. The Kier molecular flexibility index (Phi) is 15.1. The molecule has 3 amide bonds. The van der Waals surface area contributed by atoms with Crippen LogP contribution in [0.5, 0.6) is 0 Å². The van der Waals surface area contributed by atoms with E-state index in [4.69, 9.17) is 16.6 Å². The van der Waals surface area contributed by atoms with E-state index < -0.39 is 53.8 Å². The molecule has 0 aromatic carbocycles. The third kappa shape index (κ3) is 11.9. The number of carbonyl (C=O) groups is 5. The average molecular weight is 492 g/mol. The summed E-state index contributed by atoms with van der Waals surface area (Å²) in [5.74, 6) is -4.80. The molecule has 0 fully saturated rings. The van der Waals surface area contributed by atoms with Crippen molar-refractivity contribution in [1.82, 2.24) is 16.0 Å². The molecule has 0 saturated heterocycles. The fourth-order valence-electron chi connectivity index (χ4n) is 2.85. The number of hydrogen-bond donors (Lipinski definition) is 8. The number of nitrogens with one attached hydrogen (secondary N) is 3. The molecule has 13 heteroatoms. The molecule has 0 radical (unpaired) electrons. The Morgan fingerprint density at radius 1 is 0.909 bits per heavy atom. The van der Waals surface area contributed by atoms with Crippen LogP contribution >= 0.6 is 12.6 Å². The molecule has 5 unspecified atom stereocenters. The summed E-state index contributed by atoms with van der Waals surface area (Å²) in [6.45, 7) is 3.93. The summed E-state index contributed by atoms with van der Waals surface area (Å²) in [5, 5.41) is 25.5. The van der Waals surface area contributed by atoms with E-state index >= 15 is 0 Å². The van der Waals surface area contributed by atoms with Crippen molar-refractivity contribution in [1.29, 1.82) is 0 Å². The zero-order valence-electron chi connectivity index (χ0n) is 19.1. The Hall–Kier alpha value is -2.38. The van der Waals surface area contributed by atoms with Gasteiger partial charge >= 0.3 is 11.9 Å². The van der Waals surface area contributed by atoms with E-state index in [1.54, 1.807) is 6.92 Å². The molecule has 0 aromatic rings. The van der Waals surface area contributed by atoms with Gasteiger partial charge in [0.2, 0.25) is 17.7 Å².